The molecule has 1 N–H and O–H groups in total. The van der Waals surface area contributed by atoms with Crippen LogP contribution in [0.2, 0.25) is 0 Å². The molecule has 7 heteroatoms. The summed E-state index contributed by atoms with van der Waals surface area (Å²) < 4.78 is 23.9. The minimum Gasteiger partial charge on any atom is -0.616 e. The molecule has 0 radical (unpaired) electrons. The number of methoxy groups -OCH3 is 1. The van der Waals surface area contributed by atoms with Crippen molar-refractivity contribution >= 4 is 22.7 Å². The summed E-state index contributed by atoms with van der Waals surface area (Å²) >= 11 is -0.870. The van der Waals surface area contributed by atoms with Crippen molar-refractivity contribution in [2.75, 3.05) is 25.2 Å². The molecule has 2 heterocycles. The van der Waals surface area contributed by atoms with Crippen molar-refractivity contribution < 1.29 is 23.9 Å². The molecule has 0 aliphatic carbocycles. The van der Waals surface area contributed by atoms with E-state index in [1.54, 1.807) is 43.5 Å². The van der Waals surface area contributed by atoms with E-state index >= 15 is 0 Å². The molecule has 3 aromatic carbocycles. The number of aliphatic hydroxyl groups is 1. The highest BCUT2D eigenvalue weighted by molar-refractivity contribution is 7.91. The van der Waals surface area contributed by atoms with Gasteiger partial charge in [-0.05, 0) is 30.2 Å². The predicted octanol–water partition coefficient (Wildman–Crippen LogP) is 4.47. The second-order valence-corrected chi connectivity index (χ2v) is 10.7. The van der Waals surface area contributed by atoms with Gasteiger partial charge in [-0.15, -0.1) is 0 Å². The topological polar surface area (TPSA) is 91.2 Å². The van der Waals surface area contributed by atoms with Gasteiger partial charge in [0, 0.05) is 23.1 Å². The number of ether oxygens (including phenoxy) is 2. The number of hydrogen-bond acceptors (Lipinski definition) is 6. The zero-order chi connectivity index (χ0) is 25.2. The fourth-order valence-corrected chi connectivity index (χ4v) is 6.49. The van der Waals surface area contributed by atoms with Crippen molar-refractivity contribution in [3.8, 4) is 11.5 Å². The van der Waals surface area contributed by atoms with Crippen molar-refractivity contribution in [1.29, 1.82) is 0 Å². The summed E-state index contributed by atoms with van der Waals surface area (Å²) in [5.41, 5.74) is 4.69. The molecule has 5 rings (SSSR count). The Balaban J connectivity index is 1.51. The fourth-order valence-electron chi connectivity index (χ4n) is 5.02. The van der Waals surface area contributed by atoms with Gasteiger partial charge < -0.3 is 19.1 Å². The summed E-state index contributed by atoms with van der Waals surface area (Å²) in [6, 6.07) is 20.1. The van der Waals surface area contributed by atoms with Crippen LogP contribution in [0, 0.1) is 0 Å². The van der Waals surface area contributed by atoms with E-state index in [2.05, 4.69) is 0 Å². The smallest absolute Gasteiger partial charge is 0.195 e. The molecule has 0 amide bonds. The van der Waals surface area contributed by atoms with Crippen LogP contribution in [0.15, 0.2) is 71.7 Å². The molecule has 3 aromatic rings. The van der Waals surface area contributed by atoms with E-state index in [0.29, 0.717) is 40.7 Å². The Kier molecular flexibility index (Phi) is 7.14. The van der Waals surface area contributed by atoms with E-state index in [-0.39, 0.29) is 17.7 Å². The van der Waals surface area contributed by atoms with E-state index in [0.717, 1.165) is 28.8 Å². The number of aliphatic hydroxyl groups excluding tert-OH is 1. The molecule has 0 aromatic heterocycles. The van der Waals surface area contributed by atoms with Gasteiger partial charge >= 0.3 is 0 Å². The highest BCUT2D eigenvalue weighted by Crippen LogP contribution is 2.43. The first kappa shape index (κ1) is 24.6. The van der Waals surface area contributed by atoms with E-state index in [1.165, 1.54) is 0 Å². The standard InChI is InChI=1S/C29H29NO5S/c1-3-35-26-15-21-22(16-25(26)34-2)27(30-24-13-14-36(33)17-23(21)24)18-9-11-20(12-10-18)29(32)28(31)19-7-5-4-6-8-19/h4-12,15-16,23-24,28,31H,3,13-14,17H2,1-2H3/t23-,24-,28?,36+/m1/s1. The van der Waals surface area contributed by atoms with Gasteiger partial charge in [0.1, 0.15) is 17.6 Å². The van der Waals surface area contributed by atoms with Crippen LogP contribution < -0.4 is 9.47 Å². The van der Waals surface area contributed by atoms with Crippen molar-refractivity contribution in [3.05, 3.63) is 94.5 Å². The molecule has 36 heavy (non-hydrogen) atoms. The highest BCUT2D eigenvalue weighted by atomic mass is 32.2. The van der Waals surface area contributed by atoms with E-state index < -0.39 is 17.3 Å². The quantitative estimate of drug-likeness (QED) is 0.380. The summed E-state index contributed by atoms with van der Waals surface area (Å²) in [6.45, 7) is 2.45. The molecule has 4 atom stereocenters. The van der Waals surface area contributed by atoms with Crippen LogP contribution in [0.4, 0.5) is 0 Å². The molecule has 186 valence electrons. The minimum absolute atomic E-state index is 0.0364. The average Bonchev–Trinajstić information content (AvgIpc) is 2.92. The van der Waals surface area contributed by atoms with Crippen LogP contribution in [-0.4, -0.2) is 52.4 Å². The number of rotatable bonds is 7. The van der Waals surface area contributed by atoms with Crippen molar-refractivity contribution in [1.82, 2.24) is 0 Å². The van der Waals surface area contributed by atoms with Gasteiger partial charge in [-0.2, -0.15) is 0 Å². The maximum absolute atomic E-state index is 12.9. The van der Waals surface area contributed by atoms with Crippen molar-refractivity contribution in [2.24, 2.45) is 4.99 Å². The maximum Gasteiger partial charge on any atom is 0.195 e. The minimum atomic E-state index is -1.21. The third-order valence-corrected chi connectivity index (χ3v) is 8.28. The number of carbonyl (C=O) groups is 1. The molecule has 1 unspecified atom stereocenters. The number of Topliss-reactive ketones (excluding diaryl/α,β-unsaturated/α-hetero) is 1. The molecule has 2 aliphatic rings. The molecule has 6 nitrogen and oxygen atoms in total. The molecule has 2 aliphatic heterocycles. The molecule has 0 bridgehead atoms. The molecular weight excluding hydrogens is 474 g/mol. The Hall–Kier alpha value is -3.13. The Bertz CT molecular complexity index is 1270. The predicted molar refractivity (Wildman–Crippen MR) is 141 cm³/mol. The lowest BCUT2D eigenvalue weighted by Gasteiger charge is -2.36. The second kappa shape index (κ2) is 10.5. The fraction of sp³-hybridized carbons (Fsp3) is 0.310. The van der Waals surface area contributed by atoms with Gasteiger partial charge in [0.05, 0.1) is 31.4 Å². The number of hydrogen-bond donors (Lipinski definition) is 1. The summed E-state index contributed by atoms with van der Waals surface area (Å²) in [5.74, 6) is 2.23. The maximum atomic E-state index is 12.9. The van der Waals surface area contributed by atoms with Crippen molar-refractivity contribution in [2.45, 2.75) is 31.4 Å². The van der Waals surface area contributed by atoms with E-state index in [9.17, 15) is 14.5 Å². The zero-order valence-electron chi connectivity index (χ0n) is 20.3. The van der Waals surface area contributed by atoms with Gasteiger partial charge in [0.25, 0.3) is 0 Å². The third-order valence-electron chi connectivity index (χ3n) is 6.86. The molecular formula is C29H29NO5S. The van der Waals surface area contributed by atoms with Crippen LogP contribution in [0.5, 0.6) is 11.5 Å². The van der Waals surface area contributed by atoms with E-state index in [4.69, 9.17) is 14.5 Å². The Morgan fingerprint density at radius 1 is 1.14 bits per heavy atom. The first-order valence-electron chi connectivity index (χ1n) is 12.2. The lowest BCUT2D eigenvalue weighted by Crippen LogP contribution is -2.38. The van der Waals surface area contributed by atoms with Gasteiger partial charge in [0.15, 0.2) is 17.3 Å². The normalized spacial score (nSPS) is 21.6. The first-order valence-corrected chi connectivity index (χ1v) is 13.6. The average molecular weight is 504 g/mol. The summed E-state index contributed by atoms with van der Waals surface area (Å²) in [5, 5.41) is 10.5. The largest absolute Gasteiger partial charge is 0.616 e. The number of benzene rings is 3. The van der Waals surface area contributed by atoms with Gasteiger partial charge in [-0.1, -0.05) is 65.8 Å². The molecule has 0 saturated carbocycles. The molecule has 1 saturated heterocycles. The van der Waals surface area contributed by atoms with Crippen LogP contribution in [0.25, 0.3) is 0 Å². The third kappa shape index (κ3) is 4.66. The number of aliphatic imine (C=N–C) groups is 1. The van der Waals surface area contributed by atoms with Gasteiger partial charge in [-0.3, -0.25) is 9.79 Å². The van der Waals surface area contributed by atoms with E-state index in [1.807, 2.05) is 37.3 Å². The summed E-state index contributed by atoms with van der Waals surface area (Å²) in [7, 11) is 1.61. The first-order chi connectivity index (χ1) is 17.5. The summed E-state index contributed by atoms with van der Waals surface area (Å²) in [6.07, 6.45) is -0.453. The summed E-state index contributed by atoms with van der Waals surface area (Å²) in [4.78, 5) is 18.0. The molecule has 1 fully saturated rings. The van der Waals surface area contributed by atoms with Gasteiger partial charge in [-0.25, -0.2) is 0 Å². The van der Waals surface area contributed by atoms with Crippen LogP contribution in [0.1, 0.15) is 58.0 Å². The number of nitrogens with zero attached hydrogens (tertiary/aromatic N) is 1. The number of ketones is 1. The monoisotopic (exact) mass is 503 g/mol. The van der Waals surface area contributed by atoms with Crippen LogP contribution >= 0.6 is 0 Å². The van der Waals surface area contributed by atoms with Crippen LogP contribution in [-0.2, 0) is 11.2 Å². The second-order valence-electron chi connectivity index (χ2n) is 9.03. The highest BCUT2D eigenvalue weighted by Gasteiger charge is 2.39. The zero-order valence-corrected chi connectivity index (χ0v) is 21.2. The Labute approximate surface area is 214 Å². The molecule has 0 spiro atoms. The lowest BCUT2D eigenvalue weighted by molar-refractivity contribution is 0.0747. The van der Waals surface area contributed by atoms with Gasteiger partial charge in [0.2, 0.25) is 0 Å². The Morgan fingerprint density at radius 3 is 2.58 bits per heavy atom. The van der Waals surface area contributed by atoms with Crippen LogP contribution in [0.3, 0.4) is 0 Å². The number of fused-ring (bicyclic) bond motifs is 3. The SMILES string of the molecule is CCOc1cc2c(cc1OC)C(c1ccc(C(=O)C(O)c3ccccc3)cc1)=N[C@@H]1CC[S@+]([O-])C[C@H]21. The van der Waals surface area contributed by atoms with Crippen molar-refractivity contribution in [3.63, 3.8) is 0 Å². The number of carbonyl (C=O) groups excluding carboxylic acids is 1. The Morgan fingerprint density at radius 2 is 1.89 bits per heavy atom. The lowest BCUT2D eigenvalue weighted by atomic mass is 9.81.